The van der Waals surface area contributed by atoms with E-state index in [1.165, 1.54) is 30.3 Å². The summed E-state index contributed by atoms with van der Waals surface area (Å²) in [4.78, 5) is 11.2. The molecular formula is C20H14Cl4O5S2. The Bertz CT molecular complexity index is 1210. The number of rotatable bonds is 5. The molecule has 0 aliphatic carbocycles. The highest BCUT2D eigenvalue weighted by atomic mass is 36.0. The topological polar surface area (TPSA) is 88.5 Å². The van der Waals surface area contributed by atoms with Gasteiger partial charge in [-0.25, -0.2) is 17.4 Å². The van der Waals surface area contributed by atoms with Crippen molar-refractivity contribution in [2.24, 2.45) is 0 Å². The van der Waals surface area contributed by atoms with Gasteiger partial charge in [-0.3, -0.25) is 0 Å². The van der Waals surface area contributed by atoms with Gasteiger partial charge in [0.05, 0.1) is 16.2 Å². The van der Waals surface area contributed by atoms with E-state index in [9.17, 15) is 13.2 Å². The van der Waals surface area contributed by atoms with Gasteiger partial charge >= 0.3 is 5.97 Å². The van der Waals surface area contributed by atoms with Crippen molar-refractivity contribution in [3.8, 4) is 11.1 Å². The van der Waals surface area contributed by atoms with Crippen LogP contribution in [0.5, 0.6) is 0 Å². The minimum absolute atomic E-state index is 0.0513. The van der Waals surface area contributed by atoms with E-state index in [1.54, 1.807) is 36.4 Å². The van der Waals surface area contributed by atoms with Crippen molar-refractivity contribution < 1.29 is 22.5 Å². The average Bonchev–Trinajstić information content (AvgIpc) is 2.67. The number of carboxylic acids is 1. The van der Waals surface area contributed by atoms with Crippen LogP contribution in [-0.2, 0) is 24.8 Å². The van der Waals surface area contributed by atoms with E-state index in [2.05, 4.69) is 21.4 Å². The van der Waals surface area contributed by atoms with Gasteiger partial charge in [0.2, 0.25) is 9.23 Å². The van der Waals surface area contributed by atoms with E-state index in [-0.39, 0.29) is 16.2 Å². The third kappa shape index (κ3) is 7.79. The number of hydrogen-bond donors (Lipinski definition) is 1. The summed E-state index contributed by atoms with van der Waals surface area (Å²) >= 11 is 12.1. The van der Waals surface area contributed by atoms with Crippen LogP contribution in [0.15, 0.2) is 71.6 Å². The normalized spacial score (nSPS) is 11.0. The zero-order chi connectivity index (χ0) is 23.2. The Hall–Kier alpha value is -1.61. The van der Waals surface area contributed by atoms with Crippen LogP contribution in [0.4, 0.5) is 0 Å². The van der Waals surface area contributed by atoms with Crippen molar-refractivity contribution in [1.29, 1.82) is 0 Å². The number of sulfone groups is 1. The predicted molar refractivity (Wildman–Crippen MR) is 126 cm³/mol. The highest BCUT2D eigenvalue weighted by Crippen LogP contribution is 2.31. The molecule has 0 aliphatic rings. The summed E-state index contributed by atoms with van der Waals surface area (Å²) in [5, 5.41) is 10.0. The molecule has 0 bridgehead atoms. The van der Waals surface area contributed by atoms with Gasteiger partial charge in [-0.15, -0.1) is 0 Å². The first-order valence-corrected chi connectivity index (χ1v) is 13.6. The molecule has 1 N–H and O–H groups in total. The number of aromatic carboxylic acids is 1. The lowest BCUT2D eigenvalue weighted by atomic mass is 10.1. The summed E-state index contributed by atoms with van der Waals surface area (Å²) < 4.78 is 34.4. The van der Waals surface area contributed by atoms with Crippen molar-refractivity contribution >= 4 is 69.6 Å². The first-order valence-electron chi connectivity index (χ1n) is 8.34. The standard InChI is InChI=1S/C20H14Cl2O4S.Cl2OS/c21-16-6-9-18(19(22)11-16)14-4-7-17(8-5-14)27(25,26)12-13-2-1-3-15(10-13)20(23)24;1-4(2)3/h1-11H,12H2,(H,23,24);. The van der Waals surface area contributed by atoms with E-state index in [0.29, 0.717) is 15.6 Å². The minimum atomic E-state index is -3.62. The molecule has 3 rings (SSSR count). The van der Waals surface area contributed by atoms with E-state index < -0.39 is 25.0 Å². The fourth-order valence-corrected chi connectivity index (χ4v) is 4.52. The fourth-order valence-electron chi connectivity index (χ4n) is 2.66. The Labute approximate surface area is 200 Å². The molecule has 0 saturated carbocycles. The van der Waals surface area contributed by atoms with Crippen LogP contribution in [0.1, 0.15) is 15.9 Å². The highest BCUT2D eigenvalue weighted by Gasteiger charge is 2.17. The number of carboxylic acid groups (broad SMARTS) is 1. The first-order chi connectivity index (χ1) is 14.5. The molecule has 0 aromatic heterocycles. The number of hydrogen-bond acceptors (Lipinski definition) is 4. The smallest absolute Gasteiger partial charge is 0.335 e. The lowest BCUT2D eigenvalue weighted by Crippen LogP contribution is -2.06. The molecule has 0 unspecified atom stereocenters. The average molecular weight is 540 g/mol. The fraction of sp³-hybridized carbons (Fsp3) is 0.0500. The summed E-state index contributed by atoms with van der Waals surface area (Å²) in [6.45, 7) is 0. The summed E-state index contributed by atoms with van der Waals surface area (Å²) in [7, 11) is 3.74. The molecule has 0 atom stereocenters. The molecule has 0 spiro atoms. The molecule has 3 aromatic carbocycles. The molecule has 5 nitrogen and oxygen atoms in total. The quantitative estimate of drug-likeness (QED) is 0.380. The Kier molecular flexibility index (Phi) is 9.36. The second kappa shape index (κ2) is 11.3. The zero-order valence-corrected chi connectivity index (χ0v) is 20.1. The number of halogens is 4. The maximum Gasteiger partial charge on any atom is 0.335 e. The molecule has 0 aliphatic heterocycles. The predicted octanol–water partition coefficient (Wildman–Crippen LogP) is 6.38. The Morgan fingerprint density at radius 1 is 0.935 bits per heavy atom. The molecule has 0 saturated heterocycles. The van der Waals surface area contributed by atoms with E-state index >= 15 is 0 Å². The van der Waals surface area contributed by atoms with Gasteiger partial charge in [0, 0.05) is 37.0 Å². The van der Waals surface area contributed by atoms with E-state index in [0.717, 1.165) is 11.1 Å². The Balaban J connectivity index is 0.000000785. The van der Waals surface area contributed by atoms with Crippen molar-refractivity contribution in [3.05, 3.63) is 87.9 Å². The first kappa shape index (κ1) is 25.6. The maximum atomic E-state index is 12.7. The van der Waals surface area contributed by atoms with Gasteiger partial charge in [0.25, 0.3) is 0 Å². The van der Waals surface area contributed by atoms with Crippen LogP contribution in [0.2, 0.25) is 10.0 Å². The minimum Gasteiger partial charge on any atom is -0.478 e. The molecule has 164 valence electrons. The Morgan fingerprint density at radius 3 is 2.10 bits per heavy atom. The van der Waals surface area contributed by atoms with Gasteiger partial charge in [-0.05, 0) is 47.5 Å². The van der Waals surface area contributed by atoms with Crippen LogP contribution >= 0.6 is 44.6 Å². The maximum absolute atomic E-state index is 12.7. The van der Waals surface area contributed by atoms with Gasteiger partial charge in [0.1, 0.15) is 0 Å². The summed E-state index contributed by atoms with van der Waals surface area (Å²) in [5.74, 6) is -1.38. The van der Waals surface area contributed by atoms with Crippen LogP contribution in [0, 0.1) is 0 Å². The Morgan fingerprint density at radius 2 is 1.55 bits per heavy atom. The number of benzene rings is 3. The lowest BCUT2D eigenvalue weighted by molar-refractivity contribution is 0.0696. The second-order valence-electron chi connectivity index (χ2n) is 6.10. The molecule has 31 heavy (non-hydrogen) atoms. The molecule has 3 aromatic rings. The molecule has 0 radical (unpaired) electrons. The van der Waals surface area contributed by atoms with Crippen molar-refractivity contribution in [2.45, 2.75) is 10.6 Å². The van der Waals surface area contributed by atoms with Crippen LogP contribution in [0.3, 0.4) is 0 Å². The van der Waals surface area contributed by atoms with Gasteiger partial charge in [-0.2, -0.15) is 0 Å². The summed E-state index contributed by atoms with van der Waals surface area (Å²) in [5.41, 5.74) is 1.98. The van der Waals surface area contributed by atoms with E-state index in [1.807, 2.05) is 0 Å². The summed E-state index contributed by atoms with van der Waals surface area (Å²) in [6.07, 6.45) is 0. The van der Waals surface area contributed by atoms with Gasteiger partial charge < -0.3 is 5.11 Å². The van der Waals surface area contributed by atoms with E-state index in [4.69, 9.17) is 32.5 Å². The zero-order valence-electron chi connectivity index (χ0n) is 15.5. The molecule has 11 heteroatoms. The lowest BCUT2D eigenvalue weighted by Gasteiger charge is -2.08. The van der Waals surface area contributed by atoms with Gasteiger partial charge in [-0.1, -0.05) is 53.5 Å². The van der Waals surface area contributed by atoms with Crippen molar-refractivity contribution in [2.75, 3.05) is 0 Å². The van der Waals surface area contributed by atoms with Gasteiger partial charge in [0.15, 0.2) is 9.84 Å². The van der Waals surface area contributed by atoms with Crippen LogP contribution in [-0.4, -0.2) is 23.7 Å². The molecule has 0 amide bonds. The second-order valence-corrected chi connectivity index (χ2v) is 11.5. The van der Waals surface area contributed by atoms with Crippen LogP contribution < -0.4 is 0 Å². The molecule has 0 heterocycles. The molecule has 0 fully saturated rings. The third-order valence-electron chi connectivity index (χ3n) is 3.99. The van der Waals surface area contributed by atoms with Crippen molar-refractivity contribution in [1.82, 2.24) is 0 Å². The SMILES string of the molecule is O=C(O)c1cccc(CS(=O)(=O)c2ccc(-c3ccc(Cl)cc3Cl)cc2)c1.O=S(Cl)Cl. The largest absolute Gasteiger partial charge is 0.478 e. The monoisotopic (exact) mass is 538 g/mol. The number of carbonyl (C=O) groups is 1. The van der Waals surface area contributed by atoms with Crippen molar-refractivity contribution in [3.63, 3.8) is 0 Å². The highest BCUT2D eigenvalue weighted by molar-refractivity contribution is 8.26. The molecular weight excluding hydrogens is 526 g/mol. The summed E-state index contributed by atoms with van der Waals surface area (Å²) in [6, 6.07) is 17.4. The third-order valence-corrected chi connectivity index (χ3v) is 6.24. The van der Waals surface area contributed by atoms with Crippen LogP contribution in [0.25, 0.3) is 11.1 Å².